The van der Waals surface area contributed by atoms with Crippen LogP contribution >= 0.6 is 0 Å². The van der Waals surface area contributed by atoms with E-state index in [1.165, 1.54) is 30.6 Å². The zero-order valence-corrected chi connectivity index (χ0v) is 23.6. The Hall–Kier alpha value is -4.96. The maximum atomic E-state index is 15.5. The molecule has 2 aliphatic rings. The summed E-state index contributed by atoms with van der Waals surface area (Å²) in [5.74, 6) is -3.55. The molecule has 0 aliphatic carbocycles. The standard InChI is InChI=1S/C31H29F3N8O2/c32-23-6-1-7-25(27(23)34)44-21-8-9-22(24(33)13-21)28-26-29(36)38-17-39-30(26)42(40-28)16-20-5-3-11-41(20)31(43)19(14-35)12-18-4-2-10-37-15-18/h1,6-9,12-13,17-18,20,37H,2-5,10-11,15-16H2,(H2,36,38,39)/b19-12+/t18?,20-/m1/s1. The number of nitrogens with one attached hydrogen (secondary N) is 1. The molecule has 2 aromatic carbocycles. The summed E-state index contributed by atoms with van der Waals surface area (Å²) in [4.78, 5) is 23.6. The molecule has 2 aliphatic heterocycles. The number of rotatable bonds is 7. The number of fused-ring (bicyclic) bond motifs is 1. The van der Waals surface area contributed by atoms with Crippen LogP contribution in [0.2, 0.25) is 0 Å². The first-order valence-corrected chi connectivity index (χ1v) is 14.4. The SMILES string of the molecule is N#C/C(=C\C1CCCNC1)C(=O)N1CCC[C@@H]1Cn1nc(-c2ccc(Oc3cccc(F)c3F)cc2F)c2c(N)ncnc21. The third-order valence-corrected chi connectivity index (χ3v) is 8.01. The summed E-state index contributed by atoms with van der Waals surface area (Å²) in [6.45, 7) is 2.40. The first-order chi connectivity index (χ1) is 21.3. The van der Waals surface area contributed by atoms with Crippen LogP contribution in [0.3, 0.4) is 0 Å². The van der Waals surface area contributed by atoms with E-state index in [4.69, 9.17) is 10.5 Å². The van der Waals surface area contributed by atoms with Gasteiger partial charge in [-0.1, -0.05) is 12.1 Å². The van der Waals surface area contributed by atoms with Gasteiger partial charge < -0.3 is 20.7 Å². The Morgan fingerprint density at radius 2 is 2.02 bits per heavy atom. The van der Waals surface area contributed by atoms with Gasteiger partial charge in [0, 0.05) is 24.7 Å². The number of nitriles is 1. The summed E-state index contributed by atoms with van der Waals surface area (Å²) in [5.41, 5.74) is 6.94. The molecular formula is C31H29F3N8O2. The highest BCUT2D eigenvalue weighted by molar-refractivity contribution is 5.99. The molecule has 2 saturated heterocycles. The second-order valence-electron chi connectivity index (χ2n) is 10.9. The van der Waals surface area contributed by atoms with Crippen molar-refractivity contribution >= 4 is 22.8 Å². The van der Waals surface area contributed by atoms with Gasteiger partial charge in [-0.15, -0.1) is 0 Å². The summed E-state index contributed by atoms with van der Waals surface area (Å²) in [6.07, 6.45) is 6.41. The number of nitrogens with two attached hydrogens (primary N) is 1. The summed E-state index contributed by atoms with van der Waals surface area (Å²) in [5, 5.41) is 18.1. The number of nitrogens with zero attached hydrogens (tertiary/aromatic N) is 6. The van der Waals surface area contributed by atoms with Gasteiger partial charge in [0.25, 0.3) is 5.91 Å². The first kappa shape index (κ1) is 29.1. The van der Waals surface area contributed by atoms with E-state index >= 15 is 4.39 Å². The predicted molar refractivity (Wildman–Crippen MR) is 156 cm³/mol. The average Bonchev–Trinajstić information content (AvgIpc) is 3.64. The number of carbonyl (C=O) groups is 1. The lowest BCUT2D eigenvalue weighted by Gasteiger charge is -2.25. The van der Waals surface area contributed by atoms with Crippen molar-refractivity contribution in [2.45, 2.75) is 38.3 Å². The molecule has 2 atom stereocenters. The number of halogens is 3. The van der Waals surface area contributed by atoms with Crippen molar-refractivity contribution in [2.24, 2.45) is 5.92 Å². The van der Waals surface area contributed by atoms with Crippen molar-refractivity contribution in [1.29, 1.82) is 5.26 Å². The fraction of sp³-hybridized carbons (Fsp3) is 0.323. The maximum absolute atomic E-state index is 15.5. The van der Waals surface area contributed by atoms with Gasteiger partial charge in [-0.25, -0.2) is 23.4 Å². The number of piperidine rings is 1. The quantitative estimate of drug-likeness (QED) is 0.229. The van der Waals surface area contributed by atoms with Crippen LogP contribution in [0.25, 0.3) is 22.3 Å². The van der Waals surface area contributed by atoms with E-state index < -0.39 is 17.5 Å². The fourth-order valence-corrected chi connectivity index (χ4v) is 5.85. The average molecular weight is 603 g/mol. The van der Waals surface area contributed by atoms with Gasteiger partial charge in [0.1, 0.15) is 41.0 Å². The molecule has 1 unspecified atom stereocenters. The zero-order valence-electron chi connectivity index (χ0n) is 23.6. The molecule has 13 heteroatoms. The second kappa shape index (κ2) is 12.3. The first-order valence-electron chi connectivity index (χ1n) is 14.4. The van der Waals surface area contributed by atoms with Crippen LogP contribution in [-0.4, -0.2) is 56.2 Å². The van der Waals surface area contributed by atoms with E-state index in [0.29, 0.717) is 24.0 Å². The normalized spacial score (nSPS) is 18.9. The smallest absolute Gasteiger partial charge is 0.264 e. The van der Waals surface area contributed by atoms with Crippen LogP contribution < -0.4 is 15.8 Å². The molecule has 44 heavy (non-hydrogen) atoms. The minimum Gasteiger partial charge on any atom is -0.454 e. The summed E-state index contributed by atoms with van der Waals surface area (Å²) < 4.78 is 50.1. The van der Waals surface area contributed by atoms with E-state index in [9.17, 15) is 18.8 Å². The molecule has 2 fully saturated rings. The van der Waals surface area contributed by atoms with Gasteiger partial charge in [-0.3, -0.25) is 4.79 Å². The van der Waals surface area contributed by atoms with Crippen molar-refractivity contribution in [1.82, 2.24) is 30.0 Å². The molecule has 1 amide bonds. The van der Waals surface area contributed by atoms with Crippen LogP contribution in [-0.2, 0) is 11.3 Å². The Labute approximate surface area is 250 Å². The highest BCUT2D eigenvalue weighted by Gasteiger charge is 2.33. The second-order valence-corrected chi connectivity index (χ2v) is 10.9. The van der Waals surface area contributed by atoms with Crippen molar-refractivity contribution < 1.29 is 22.7 Å². The minimum atomic E-state index is -1.19. The van der Waals surface area contributed by atoms with Gasteiger partial charge >= 0.3 is 0 Å². The number of anilines is 1. The lowest BCUT2D eigenvalue weighted by molar-refractivity contribution is -0.127. The molecular weight excluding hydrogens is 573 g/mol. The van der Waals surface area contributed by atoms with Crippen LogP contribution in [0.15, 0.2) is 54.4 Å². The van der Waals surface area contributed by atoms with Crippen LogP contribution in [0, 0.1) is 34.7 Å². The van der Waals surface area contributed by atoms with Crippen molar-refractivity contribution in [2.75, 3.05) is 25.4 Å². The molecule has 10 nitrogen and oxygen atoms in total. The Morgan fingerprint density at radius 1 is 1.16 bits per heavy atom. The molecule has 226 valence electrons. The number of likely N-dealkylation sites (tertiary alicyclic amines) is 1. The van der Waals surface area contributed by atoms with Gasteiger partial charge in [-0.2, -0.15) is 14.8 Å². The summed E-state index contributed by atoms with van der Waals surface area (Å²) in [6, 6.07) is 9.13. The molecule has 0 saturated carbocycles. The van der Waals surface area contributed by atoms with E-state index in [0.717, 1.165) is 44.5 Å². The van der Waals surface area contributed by atoms with E-state index in [1.54, 1.807) is 15.7 Å². The number of carbonyl (C=O) groups excluding carboxylic acids is 1. The third-order valence-electron chi connectivity index (χ3n) is 8.01. The van der Waals surface area contributed by atoms with Crippen LogP contribution in [0.1, 0.15) is 25.7 Å². The number of amides is 1. The van der Waals surface area contributed by atoms with Crippen molar-refractivity contribution in [3.8, 4) is 28.8 Å². The molecule has 4 aromatic rings. The van der Waals surface area contributed by atoms with Crippen molar-refractivity contribution in [3.63, 3.8) is 0 Å². The number of benzene rings is 2. The molecule has 4 heterocycles. The molecule has 0 bridgehead atoms. The molecule has 6 rings (SSSR count). The molecule has 0 radical (unpaired) electrons. The minimum absolute atomic E-state index is 0.0471. The van der Waals surface area contributed by atoms with Gasteiger partial charge in [0.15, 0.2) is 17.2 Å². The Kier molecular flexibility index (Phi) is 8.17. The largest absolute Gasteiger partial charge is 0.454 e. The number of hydrogen-bond donors (Lipinski definition) is 2. The summed E-state index contributed by atoms with van der Waals surface area (Å²) >= 11 is 0. The Morgan fingerprint density at radius 3 is 2.80 bits per heavy atom. The molecule has 0 spiro atoms. The highest BCUT2D eigenvalue weighted by atomic mass is 19.2. The maximum Gasteiger partial charge on any atom is 0.264 e. The summed E-state index contributed by atoms with van der Waals surface area (Å²) in [7, 11) is 0. The Bertz CT molecular complexity index is 1790. The van der Waals surface area contributed by atoms with Gasteiger partial charge in [0.05, 0.1) is 18.0 Å². The van der Waals surface area contributed by atoms with Gasteiger partial charge in [-0.05, 0) is 62.4 Å². The predicted octanol–water partition coefficient (Wildman–Crippen LogP) is 4.73. The number of nitrogen functional groups attached to an aromatic ring is 1. The number of aromatic nitrogens is 4. The highest BCUT2D eigenvalue weighted by Crippen LogP contribution is 2.35. The number of ether oxygens (including phenoxy) is 1. The molecule has 3 N–H and O–H groups in total. The third kappa shape index (κ3) is 5.68. The fourth-order valence-electron chi connectivity index (χ4n) is 5.85. The zero-order chi connectivity index (χ0) is 30.8. The Balaban J connectivity index is 1.29. The van der Waals surface area contributed by atoms with Crippen LogP contribution in [0.5, 0.6) is 11.5 Å². The van der Waals surface area contributed by atoms with E-state index in [1.807, 2.05) is 0 Å². The molecule has 2 aromatic heterocycles. The monoisotopic (exact) mass is 602 g/mol. The lowest BCUT2D eigenvalue weighted by atomic mass is 9.96. The number of hydrogen-bond acceptors (Lipinski definition) is 8. The lowest BCUT2D eigenvalue weighted by Crippen LogP contribution is -2.39. The topological polar surface area (TPSA) is 135 Å². The van der Waals surface area contributed by atoms with Gasteiger partial charge in [0.2, 0.25) is 5.82 Å². The van der Waals surface area contributed by atoms with Crippen molar-refractivity contribution in [3.05, 3.63) is 71.8 Å². The van der Waals surface area contributed by atoms with E-state index in [2.05, 4.69) is 26.5 Å². The van der Waals surface area contributed by atoms with Crippen LogP contribution in [0.4, 0.5) is 19.0 Å². The van der Waals surface area contributed by atoms with E-state index in [-0.39, 0.29) is 58.6 Å².